The number of thiazole rings is 1. The second-order valence-corrected chi connectivity index (χ2v) is 7.08. The van der Waals surface area contributed by atoms with Gasteiger partial charge in [-0.15, -0.1) is 0 Å². The number of amides is 1. The van der Waals surface area contributed by atoms with Gasteiger partial charge >= 0.3 is 0 Å². The molecule has 0 aliphatic carbocycles. The van der Waals surface area contributed by atoms with Gasteiger partial charge in [-0.1, -0.05) is 23.5 Å². The number of amidine groups is 1. The molecule has 4 rings (SSSR count). The average molecular weight is 367 g/mol. The number of benzene rings is 1. The van der Waals surface area contributed by atoms with Gasteiger partial charge in [0, 0.05) is 19.2 Å². The lowest BCUT2D eigenvalue weighted by atomic mass is 10.1. The van der Waals surface area contributed by atoms with Gasteiger partial charge in [0.25, 0.3) is 5.91 Å². The number of para-hydroxylation sites is 1. The van der Waals surface area contributed by atoms with E-state index in [1.54, 1.807) is 23.4 Å². The lowest BCUT2D eigenvalue weighted by molar-refractivity contribution is 0.0697. The van der Waals surface area contributed by atoms with Crippen molar-refractivity contribution >= 4 is 46.8 Å². The standard InChI is InChI=1S/C17H17N7OS/c1-19-17-7-4-8-24(17)14(25)12-5-2-3-6-13(12)22-15(17)23-21-10-11-9-20-16(18)26-11/h2-3,5-6,9-10H,1,4,7-8H2,(H2,18,20)(H,22,23)/t17-/m0/s1. The second kappa shape index (κ2) is 6.34. The van der Waals surface area contributed by atoms with Gasteiger partial charge in [-0.25, -0.2) is 9.98 Å². The van der Waals surface area contributed by atoms with Gasteiger partial charge in [-0.2, -0.15) is 5.10 Å². The molecule has 0 spiro atoms. The summed E-state index contributed by atoms with van der Waals surface area (Å²) in [5, 5.41) is 4.73. The number of hydrogen-bond acceptors (Lipinski definition) is 8. The summed E-state index contributed by atoms with van der Waals surface area (Å²) in [7, 11) is 0. The molecule has 1 amide bonds. The molecule has 3 heterocycles. The molecule has 1 aromatic heterocycles. The molecule has 0 saturated carbocycles. The first-order valence-electron chi connectivity index (χ1n) is 8.12. The van der Waals surface area contributed by atoms with Crippen molar-refractivity contribution < 1.29 is 4.79 Å². The van der Waals surface area contributed by atoms with Crippen LogP contribution >= 0.6 is 11.3 Å². The molecule has 1 fully saturated rings. The number of nitrogens with two attached hydrogens (primary N) is 1. The maximum absolute atomic E-state index is 13.0. The van der Waals surface area contributed by atoms with Gasteiger partial charge in [-0.05, 0) is 25.3 Å². The molecular formula is C17H17N7OS. The first kappa shape index (κ1) is 16.4. The van der Waals surface area contributed by atoms with Crippen LogP contribution in [0.2, 0.25) is 0 Å². The zero-order chi connectivity index (χ0) is 18.1. The smallest absolute Gasteiger partial charge is 0.258 e. The number of fused-ring (bicyclic) bond motifs is 2. The van der Waals surface area contributed by atoms with Crippen LogP contribution in [0.4, 0.5) is 10.8 Å². The monoisotopic (exact) mass is 367 g/mol. The van der Waals surface area contributed by atoms with Gasteiger partial charge in [0.2, 0.25) is 0 Å². The van der Waals surface area contributed by atoms with Crippen LogP contribution in [-0.4, -0.2) is 46.8 Å². The van der Waals surface area contributed by atoms with Gasteiger partial charge in [-0.3, -0.25) is 15.2 Å². The molecule has 1 aromatic carbocycles. The fraction of sp³-hybridized carbons (Fsp3) is 0.235. The number of aromatic nitrogens is 1. The minimum Gasteiger partial charge on any atom is -0.375 e. The zero-order valence-corrected chi connectivity index (χ0v) is 14.7. The van der Waals surface area contributed by atoms with E-state index in [0.29, 0.717) is 35.2 Å². The molecule has 0 unspecified atom stereocenters. The highest BCUT2D eigenvalue weighted by molar-refractivity contribution is 7.16. The molecule has 1 atom stereocenters. The van der Waals surface area contributed by atoms with Crippen LogP contribution in [0, 0.1) is 0 Å². The first-order chi connectivity index (χ1) is 12.6. The van der Waals surface area contributed by atoms with E-state index in [9.17, 15) is 4.79 Å². The first-order valence-corrected chi connectivity index (χ1v) is 8.94. The van der Waals surface area contributed by atoms with Crippen LogP contribution in [0.1, 0.15) is 28.1 Å². The van der Waals surface area contributed by atoms with E-state index >= 15 is 0 Å². The van der Waals surface area contributed by atoms with Crippen LogP contribution in [0.3, 0.4) is 0 Å². The summed E-state index contributed by atoms with van der Waals surface area (Å²) in [5.74, 6) is 0.391. The Morgan fingerprint density at radius 2 is 2.27 bits per heavy atom. The quantitative estimate of drug-likeness (QED) is 0.639. The van der Waals surface area contributed by atoms with Crippen molar-refractivity contribution in [3.63, 3.8) is 0 Å². The number of carbonyl (C=O) groups excluding carboxylic acids is 1. The molecule has 2 aliphatic rings. The van der Waals surface area contributed by atoms with Crippen molar-refractivity contribution in [1.29, 1.82) is 0 Å². The molecule has 2 aromatic rings. The van der Waals surface area contributed by atoms with Crippen LogP contribution in [-0.2, 0) is 0 Å². The SMILES string of the molecule is C=N[C@@]12CCCN1C(=O)c1ccccc1N=C2NN=Cc1cnc(N)s1. The Labute approximate surface area is 154 Å². The fourth-order valence-electron chi connectivity index (χ4n) is 3.30. The Balaban J connectivity index is 1.74. The molecule has 26 heavy (non-hydrogen) atoms. The van der Waals surface area contributed by atoms with Crippen LogP contribution in [0.25, 0.3) is 0 Å². The van der Waals surface area contributed by atoms with E-state index < -0.39 is 5.66 Å². The molecule has 3 N–H and O–H groups in total. The number of hydrazone groups is 1. The topological polar surface area (TPSA) is 108 Å². The maximum atomic E-state index is 13.0. The van der Waals surface area contributed by atoms with E-state index in [2.05, 4.69) is 32.2 Å². The number of hydrogen-bond donors (Lipinski definition) is 2. The molecule has 2 aliphatic heterocycles. The summed E-state index contributed by atoms with van der Waals surface area (Å²) in [4.78, 5) is 28.5. The minimum absolute atomic E-state index is 0.0924. The molecule has 132 valence electrons. The number of rotatable bonds is 3. The van der Waals surface area contributed by atoms with Crippen LogP contribution in [0.5, 0.6) is 0 Å². The minimum atomic E-state index is -0.930. The summed E-state index contributed by atoms with van der Waals surface area (Å²) in [6.07, 6.45) is 4.72. The highest BCUT2D eigenvalue weighted by Crippen LogP contribution is 2.38. The van der Waals surface area contributed by atoms with Crippen molar-refractivity contribution in [1.82, 2.24) is 15.3 Å². The zero-order valence-electron chi connectivity index (χ0n) is 13.9. The molecule has 0 radical (unpaired) electrons. The number of anilines is 1. The number of nitrogens with one attached hydrogen (secondary N) is 1. The van der Waals surface area contributed by atoms with Crippen molar-refractivity contribution in [3.05, 3.63) is 40.9 Å². The predicted molar refractivity (Wildman–Crippen MR) is 103 cm³/mol. The maximum Gasteiger partial charge on any atom is 0.258 e. The summed E-state index contributed by atoms with van der Waals surface area (Å²) in [5.41, 5.74) is 8.82. The Kier molecular flexibility index (Phi) is 4.00. The molecular weight excluding hydrogens is 350 g/mol. The third-order valence-corrected chi connectivity index (χ3v) is 5.27. The fourth-order valence-corrected chi connectivity index (χ4v) is 3.86. The van der Waals surface area contributed by atoms with Gasteiger partial charge in [0.1, 0.15) is 0 Å². The Morgan fingerprint density at radius 3 is 3.04 bits per heavy atom. The summed E-state index contributed by atoms with van der Waals surface area (Å²) < 4.78 is 0. The van der Waals surface area contributed by atoms with E-state index in [1.165, 1.54) is 11.3 Å². The molecule has 9 heteroatoms. The summed E-state index contributed by atoms with van der Waals surface area (Å²) >= 11 is 1.33. The molecule has 8 nitrogen and oxygen atoms in total. The Morgan fingerprint density at radius 1 is 1.42 bits per heavy atom. The molecule has 0 bridgehead atoms. The van der Waals surface area contributed by atoms with Crippen LogP contribution < -0.4 is 11.2 Å². The molecule has 1 saturated heterocycles. The van der Waals surface area contributed by atoms with E-state index in [-0.39, 0.29) is 5.91 Å². The lowest BCUT2D eigenvalue weighted by Crippen LogP contribution is -2.54. The third kappa shape index (κ3) is 2.57. The van der Waals surface area contributed by atoms with E-state index in [0.717, 1.165) is 11.3 Å². The predicted octanol–water partition coefficient (Wildman–Crippen LogP) is 2.03. The normalized spacial score (nSPS) is 21.9. The van der Waals surface area contributed by atoms with Gasteiger partial charge < -0.3 is 10.6 Å². The highest BCUT2D eigenvalue weighted by Gasteiger charge is 2.49. The van der Waals surface area contributed by atoms with Crippen LogP contribution in [0.15, 0.2) is 45.5 Å². The van der Waals surface area contributed by atoms with Crippen molar-refractivity contribution in [2.75, 3.05) is 12.3 Å². The van der Waals surface area contributed by atoms with Crippen molar-refractivity contribution in [2.24, 2.45) is 15.1 Å². The third-order valence-electron chi connectivity index (χ3n) is 4.51. The Bertz CT molecular complexity index is 935. The second-order valence-electron chi connectivity index (χ2n) is 5.98. The lowest BCUT2D eigenvalue weighted by Gasteiger charge is -2.33. The summed E-state index contributed by atoms with van der Waals surface area (Å²) in [6.45, 7) is 4.33. The van der Waals surface area contributed by atoms with Crippen molar-refractivity contribution in [2.45, 2.75) is 18.5 Å². The average Bonchev–Trinajstić information content (AvgIpc) is 3.25. The number of nitrogens with zero attached hydrogens (tertiary/aromatic N) is 5. The number of aliphatic imine (C=N–C) groups is 2. The van der Waals surface area contributed by atoms with E-state index in [4.69, 9.17) is 5.73 Å². The largest absolute Gasteiger partial charge is 0.375 e. The van der Waals surface area contributed by atoms with Gasteiger partial charge in [0.15, 0.2) is 16.6 Å². The number of carbonyl (C=O) groups is 1. The number of nitrogen functional groups attached to an aromatic ring is 1. The summed E-state index contributed by atoms with van der Waals surface area (Å²) in [6, 6.07) is 7.26. The Hall–Kier alpha value is -3.07. The van der Waals surface area contributed by atoms with Crippen molar-refractivity contribution in [3.8, 4) is 0 Å². The highest BCUT2D eigenvalue weighted by atomic mass is 32.1. The van der Waals surface area contributed by atoms with E-state index in [1.807, 2.05) is 18.2 Å². The van der Waals surface area contributed by atoms with Gasteiger partial charge in [0.05, 0.1) is 22.3 Å².